The van der Waals surface area contributed by atoms with E-state index in [1.807, 2.05) is 0 Å². The molecule has 0 radical (unpaired) electrons. The van der Waals surface area contributed by atoms with Crippen molar-refractivity contribution in [3.8, 4) is 5.75 Å². The van der Waals surface area contributed by atoms with Crippen LogP contribution in [0.2, 0.25) is 0 Å². The van der Waals surface area contributed by atoms with Crippen molar-refractivity contribution >= 4 is 11.6 Å². The van der Waals surface area contributed by atoms with Crippen LogP contribution in [0.3, 0.4) is 0 Å². The minimum atomic E-state index is -5.01. The first-order valence-corrected chi connectivity index (χ1v) is 8.63. The highest BCUT2D eigenvalue weighted by molar-refractivity contribution is 5.93. The molecule has 0 saturated heterocycles. The summed E-state index contributed by atoms with van der Waals surface area (Å²) >= 11 is 0. The normalized spacial score (nSPS) is 26.1. The summed E-state index contributed by atoms with van der Waals surface area (Å²) in [5.41, 5.74) is -2.31. The summed E-state index contributed by atoms with van der Waals surface area (Å²) in [5.74, 6) is -1.83. The van der Waals surface area contributed by atoms with Crippen LogP contribution in [0, 0.1) is 12.8 Å². The molecular formula is C18H21F3N2O3. The lowest BCUT2D eigenvalue weighted by Gasteiger charge is -2.37. The summed E-state index contributed by atoms with van der Waals surface area (Å²) in [4.78, 5) is 12.5. The van der Waals surface area contributed by atoms with Crippen LogP contribution in [-0.4, -0.2) is 40.2 Å². The minimum absolute atomic E-state index is 0.150. The van der Waals surface area contributed by atoms with E-state index in [0.717, 1.165) is 12.0 Å². The van der Waals surface area contributed by atoms with Crippen molar-refractivity contribution < 1.29 is 27.8 Å². The quantitative estimate of drug-likeness (QED) is 0.887. The van der Waals surface area contributed by atoms with Crippen LogP contribution in [0.4, 0.5) is 13.2 Å². The number of carbonyl (C=O) groups excluding carboxylic acids is 1. The van der Waals surface area contributed by atoms with Crippen LogP contribution in [-0.2, 0) is 4.79 Å². The van der Waals surface area contributed by atoms with Crippen molar-refractivity contribution in [1.29, 1.82) is 0 Å². The second kappa shape index (κ2) is 6.90. The third-order valence-corrected chi connectivity index (χ3v) is 4.96. The van der Waals surface area contributed by atoms with Crippen LogP contribution in [0.5, 0.6) is 5.75 Å². The SMILES string of the molecule is Cc1ccccc1OCC(=O)N1N=C2CCCCC[C@H]2[C@@]1(O)C(F)(F)F. The van der Waals surface area contributed by atoms with Crippen LogP contribution in [0.1, 0.15) is 37.7 Å². The van der Waals surface area contributed by atoms with Gasteiger partial charge in [-0.25, -0.2) is 0 Å². The lowest BCUT2D eigenvalue weighted by molar-refractivity contribution is -0.317. The predicted molar refractivity (Wildman–Crippen MR) is 88.5 cm³/mol. The summed E-state index contributed by atoms with van der Waals surface area (Å²) in [6.07, 6.45) is -2.46. The van der Waals surface area contributed by atoms with Crippen LogP contribution >= 0.6 is 0 Å². The smallest absolute Gasteiger partial charge is 0.439 e. The summed E-state index contributed by atoms with van der Waals surface area (Å²) in [6.45, 7) is 1.13. The third-order valence-electron chi connectivity index (χ3n) is 4.96. The molecule has 1 aliphatic heterocycles. The van der Waals surface area contributed by atoms with Crippen LogP contribution < -0.4 is 4.74 Å². The minimum Gasteiger partial charge on any atom is -0.483 e. The van der Waals surface area contributed by atoms with E-state index < -0.39 is 30.3 Å². The number of alkyl halides is 3. The predicted octanol–water partition coefficient (Wildman–Crippen LogP) is 3.40. The van der Waals surface area contributed by atoms with Crippen LogP contribution in [0.15, 0.2) is 29.4 Å². The second-order valence-electron chi connectivity index (χ2n) is 6.73. The van der Waals surface area contributed by atoms with Gasteiger partial charge in [0.15, 0.2) is 6.61 Å². The standard InChI is InChI=1S/C18H21F3N2O3/c1-12-7-5-6-10-15(12)26-11-16(24)23-17(25,18(19,20)21)13-8-3-2-4-9-14(13)22-23/h5-7,10,13,25H,2-4,8-9,11H2,1H3/t13-,17-/m1/s1. The Morgan fingerprint density at radius 2 is 2.08 bits per heavy atom. The molecule has 0 bridgehead atoms. The molecule has 0 aromatic heterocycles. The number of rotatable bonds is 3. The van der Waals surface area contributed by atoms with Gasteiger partial charge in [0.1, 0.15) is 5.75 Å². The fourth-order valence-electron chi connectivity index (χ4n) is 3.56. The molecule has 1 heterocycles. The number of carbonyl (C=O) groups is 1. The number of hydrogen-bond acceptors (Lipinski definition) is 4. The van der Waals surface area contributed by atoms with Crippen molar-refractivity contribution in [3.63, 3.8) is 0 Å². The molecule has 1 aliphatic carbocycles. The van der Waals surface area contributed by atoms with Crippen molar-refractivity contribution in [3.05, 3.63) is 29.8 Å². The number of para-hydroxylation sites is 1. The molecule has 5 nitrogen and oxygen atoms in total. The highest BCUT2D eigenvalue weighted by Gasteiger charge is 2.68. The molecule has 1 saturated carbocycles. The van der Waals surface area contributed by atoms with Gasteiger partial charge in [-0.05, 0) is 37.8 Å². The molecule has 3 rings (SSSR count). The van der Waals surface area contributed by atoms with Crippen LogP contribution in [0.25, 0.3) is 0 Å². The molecule has 1 aromatic rings. The summed E-state index contributed by atoms with van der Waals surface area (Å²) in [5, 5.41) is 14.6. The first-order valence-electron chi connectivity index (χ1n) is 8.63. The van der Waals surface area contributed by atoms with E-state index in [9.17, 15) is 23.1 Å². The number of aryl methyl sites for hydroxylation is 1. The van der Waals surface area contributed by atoms with Gasteiger partial charge in [0.2, 0.25) is 0 Å². The molecule has 1 fully saturated rings. The number of nitrogens with zero attached hydrogens (tertiary/aromatic N) is 2. The Bertz CT molecular complexity index is 720. The first kappa shape index (κ1) is 18.7. The fourth-order valence-corrected chi connectivity index (χ4v) is 3.56. The maximum atomic E-state index is 13.7. The summed E-state index contributed by atoms with van der Waals surface area (Å²) in [7, 11) is 0. The lowest BCUT2D eigenvalue weighted by Crippen LogP contribution is -2.61. The Morgan fingerprint density at radius 1 is 1.35 bits per heavy atom. The van der Waals surface area contributed by atoms with E-state index in [0.29, 0.717) is 25.0 Å². The van der Waals surface area contributed by atoms with Gasteiger partial charge in [-0.2, -0.15) is 23.3 Å². The highest BCUT2D eigenvalue weighted by atomic mass is 19.4. The number of halogens is 3. The van der Waals surface area contributed by atoms with Gasteiger partial charge < -0.3 is 9.84 Å². The van der Waals surface area contributed by atoms with Gasteiger partial charge >= 0.3 is 6.18 Å². The average Bonchev–Trinajstić information content (AvgIpc) is 2.73. The third kappa shape index (κ3) is 3.18. The Kier molecular flexibility index (Phi) is 4.96. The molecule has 142 valence electrons. The summed E-state index contributed by atoms with van der Waals surface area (Å²) < 4.78 is 46.5. The summed E-state index contributed by atoms with van der Waals surface area (Å²) in [6, 6.07) is 6.87. The number of ether oxygens (including phenoxy) is 1. The lowest BCUT2D eigenvalue weighted by atomic mass is 9.87. The molecule has 8 heteroatoms. The molecule has 1 amide bonds. The number of hydrazone groups is 1. The van der Waals surface area contributed by atoms with Gasteiger partial charge in [-0.1, -0.05) is 31.0 Å². The second-order valence-corrected chi connectivity index (χ2v) is 6.73. The Morgan fingerprint density at radius 3 is 2.77 bits per heavy atom. The monoisotopic (exact) mass is 370 g/mol. The van der Waals surface area contributed by atoms with Gasteiger partial charge in [0, 0.05) is 5.71 Å². The molecule has 1 aromatic carbocycles. The zero-order valence-corrected chi connectivity index (χ0v) is 14.4. The topological polar surface area (TPSA) is 62.1 Å². The van der Waals surface area contributed by atoms with Gasteiger partial charge in [-0.3, -0.25) is 4.79 Å². The largest absolute Gasteiger partial charge is 0.483 e. The van der Waals surface area contributed by atoms with E-state index in [1.54, 1.807) is 31.2 Å². The molecular weight excluding hydrogens is 349 g/mol. The van der Waals surface area contributed by atoms with E-state index in [2.05, 4.69) is 5.10 Å². The number of fused-ring (bicyclic) bond motifs is 1. The fraction of sp³-hybridized carbons (Fsp3) is 0.556. The average molecular weight is 370 g/mol. The number of aliphatic hydroxyl groups is 1. The van der Waals surface area contributed by atoms with E-state index >= 15 is 0 Å². The highest BCUT2D eigenvalue weighted by Crippen LogP contribution is 2.47. The number of hydrogen-bond donors (Lipinski definition) is 1. The van der Waals surface area contributed by atoms with Crippen molar-refractivity contribution in [2.24, 2.45) is 11.0 Å². The molecule has 2 aliphatic rings. The molecule has 2 atom stereocenters. The molecule has 0 unspecified atom stereocenters. The maximum Gasteiger partial charge on any atom is 0.439 e. The zero-order chi connectivity index (χ0) is 18.9. The Balaban J connectivity index is 1.84. The van der Waals surface area contributed by atoms with Gasteiger partial charge in [0.25, 0.3) is 11.6 Å². The van der Waals surface area contributed by atoms with Gasteiger partial charge in [0.05, 0.1) is 5.92 Å². The Labute approximate surface area is 149 Å². The Hall–Kier alpha value is -2.09. The first-order chi connectivity index (χ1) is 12.2. The van der Waals surface area contributed by atoms with E-state index in [-0.39, 0.29) is 17.1 Å². The van der Waals surface area contributed by atoms with E-state index in [1.165, 1.54) is 0 Å². The van der Waals surface area contributed by atoms with Gasteiger partial charge in [-0.15, -0.1) is 0 Å². The molecule has 0 spiro atoms. The van der Waals surface area contributed by atoms with Crippen molar-refractivity contribution in [1.82, 2.24) is 5.01 Å². The maximum absolute atomic E-state index is 13.7. The number of amides is 1. The van der Waals surface area contributed by atoms with E-state index in [4.69, 9.17) is 4.74 Å². The van der Waals surface area contributed by atoms with Crippen molar-refractivity contribution in [2.75, 3.05) is 6.61 Å². The zero-order valence-electron chi connectivity index (χ0n) is 14.4. The number of benzene rings is 1. The van der Waals surface area contributed by atoms with Crippen molar-refractivity contribution in [2.45, 2.75) is 50.9 Å². The molecule has 1 N–H and O–H groups in total. The molecule has 26 heavy (non-hydrogen) atoms.